The molecule has 8 nitrogen and oxygen atoms in total. The molecule has 9 heteroatoms. The monoisotopic (exact) mass is 559 g/mol. The fraction of sp³-hybridized carbons (Fsp3) is 0.0714. The van der Waals surface area contributed by atoms with E-state index in [2.05, 4.69) is 21.2 Å². The molecular weight excluding hydrogens is 542 g/mol. The number of ether oxygens (including phenoxy) is 1. The first kappa shape index (κ1) is 24.2. The first-order chi connectivity index (χ1) is 17.9. The minimum Gasteiger partial charge on any atom is -0.423 e. The van der Waals surface area contributed by atoms with E-state index in [4.69, 9.17) is 13.6 Å². The molecule has 0 saturated carbocycles. The minimum atomic E-state index is -0.924. The number of halogens is 1. The van der Waals surface area contributed by atoms with Crippen molar-refractivity contribution in [3.8, 4) is 5.75 Å². The molecule has 0 fully saturated rings. The first-order valence-corrected chi connectivity index (χ1v) is 12.0. The zero-order valence-electron chi connectivity index (χ0n) is 19.2. The highest BCUT2D eigenvalue weighted by molar-refractivity contribution is 9.10. The highest BCUT2D eigenvalue weighted by atomic mass is 79.9. The van der Waals surface area contributed by atoms with Crippen LogP contribution in [0.3, 0.4) is 0 Å². The van der Waals surface area contributed by atoms with Gasteiger partial charge >= 0.3 is 17.2 Å². The van der Waals surface area contributed by atoms with Gasteiger partial charge in [0.2, 0.25) is 0 Å². The summed E-state index contributed by atoms with van der Waals surface area (Å²) < 4.78 is 16.6. The lowest BCUT2D eigenvalue weighted by atomic mass is 10.1. The summed E-state index contributed by atoms with van der Waals surface area (Å²) >= 11 is 3.33. The number of esters is 1. The van der Waals surface area contributed by atoms with Gasteiger partial charge in [0.1, 0.15) is 28.0 Å². The number of hydrogen-bond donors (Lipinski definition) is 1. The summed E-state index contributed by atoms with van der Waals surface area (Å²) in [7, 11) is 0. The Bertz CT molecular complexity index is 1770. The summed E-state index contributed by atoms with van der Waals surface area (Å²) in [5.41, 5.74) is -0.573. The second-order valence-corrected chi connectivity index (χ2v) is 9.07. The molecule has 0 unspecified atom stereocenters. The van der Waals surface area contributed by atoms with Crippen LogP contribution in [0.1, 0.15) is 26.3 Å². The highest BCUT2D eigenvalue weighted by Crippen LogP contribution is 2.23. The fourth-order valence-corrected chi connectivity index (χ4v) is 4.15. The van der Waals surface area contributed by atoms with Gasteiger partial charge in [0.05, 0.1) is 0 Å². The molecule has 0 aliphatic carbocycles. The van der Waals surface area contributed by atoms with Crippen LogP contribution in [0, 0.1) is 0 Å². The largest absolute Gasteiger partial charge is 0.423 e. The molecule has 0 bridgehead atoms. The Morgan fingerprint density at radius 1 is 0.784 bits per heavy atom. The maximum absolute atomic E-state index is 12.7. The zero-order chi connectivity index (χ0) is 25.9. The van der Waals surface area contributed by atoms with E-state index in [9.17, 15) is 19.2 Å². The molecule has 3 aromatic carbocycles. The molecule has 184 valence electrons. The molecule has 0 radical (unpaired) electrons. The van der Waals surface area contributed by atoms with Crippen molar-refractivity contribution in [3.05, 3.63) is 121 Å². The lowest BCUT2D eigenvalue weighted by Gasteiger charge is -2.07. The van der Waals surface area contributed by atoms with Crippen LogP contribution in [0.15, 0.2) is 102 Å². The van der Waals surface area contributed by atoms with Gasteiger partial charge in [-0.05, 0) is 54.4 Å². The van der Waals surface area contributed by atoms with Gasteiger partial charge in [0.25, 0.3) is 5.91 Å². The average molecular weight is 560 g/mol. The van der Waals surface area contributed by atoms with Crippen LogP contribution in [-0.4, -0.2) is 18.4 Å². The van der Waals surface area contributed by atoms with Gasteiger partial charge in [0, 0.05) is 27.9 Å². The molecule has 0 saturated heterocycles. The van der Waals surface area contributed by atoms with Crippen LogP contribution in [0.4, 0.5) is 0 Å². The van der Waals surface area contributed by atoms with Crippen molar-refractivity contribution in [2.45, 2.75) is 6.42 Å². The summed E-state index contributed by atoms with van der Waals surface area (Å²) in [6.45, 7) is 0.356. The smallest absolute Gasteiger partial charge is 0.351 e. The maximum atomic E-state index is 12.7. The number of fused-ring (bicyclic) bond motifs is 2. The molecule has 0 spiro atoms. The summed E-state index contributed by atoms with van der Waals surface area (Å²) in [6, 6.07) is 21.8. The maximum Gasteiger partial charge on any atom is 0.351 e. The third-order valence-corrected chi connectivity index (χ3v) is 6.11. The van der Waals surface area contributed by atoms with E-state index in [1.54, 1.807) is 24.3 Å². The van der Waals surface area contributed by atoms with Gasteiger partial charge in [-0.3, -0.25) is 4.79 Å². The van der Waals surface area contributed by atoms with E-state index in [-0.39, 0.29) is 22.5 Å². The van der Waals surface area contributed by atoms with Crippen LogP contribution in [0.25, 0.3) is 21.9 Å². The van der Waals surface area contributed by atoms with Crippen molar-refractivity contribution in [3.63, 3.8) is 0 Å². The quantitative estimate of drug-likeness (QED) is 0.179. The predicted octanol–water partition coefficient (Wildman–Crippen LogP) is 4.85. The predicted molar refractivity (Wildman–Crippen MR) is 140 cm³/mol. The zero-order valence-corrected chi connectivity index (χ0v) is 20.7. The van der Waals surface area contributed by atoms with E-state index in [0.717, 1.165) is 10.0 Å². The molecule has 1 N–H and O–H groups in total. The normalized spacial score (nSPS) is 10.9. The Kier molecular flexibility index (Phi) is 6.70. The van der Waals surface area contributed by atoms with E-state index in [1.807, 2.05) is 30.3 Å². The van der Waals surface area contributed by atoms with Gasteiger partial charge in [-0.2, -0.15) is 0 Å². The van der Waals surface area contributed by atoms with Crippen LogP contribution in [0.5, 0.6) is 5.75 Å². The van der Waals surface area contributed by atoms with E-state index >= 15 is 0 Å². The van der Waals surface area contributed by atoms with Crippen LogP contribution in [0.2, 0.25) is 0 Å². The third kappa shape index (κ3) is 5.36. The lowest BCUT2D eigenvalue weighted by Crippen LogP contribution is -2.29. The number of amides is 1. The SMILES string of the molecule is O=C(NCCc1ccccc1)c1cc2ccc(OC(=O)c3cc4cc(Br)ccc4oc3=O)cc2oc1=O. The molecule has 37 heavy (non-hydrogen) atoms. The van der Waals surface area contributed by atoms with Crippen molar-refractivity contribution in [2.24, 2.45) is 0 Å². The summed E-state index contributed by atoms with van der Waals surface area (Å²) in [5.74, 6) is -1.42. The van der Waals surface area contributed by atoms with Crippen molar-refractivity contribution in [1.82, 2.24) is 5.32 Å². The van der Waals surface area contributed by atoms with Gasteiger partial charge in [0.15, 0.2) is 0 Å². The number of rotatable bonds is 6. The van der Waals surface area contributed by atoms with Crippen molar-refractivity contribution in [1.29, 1.82) is 0 Å². The van der Waals surface area contributed by atoms with Gasteiger partial charge in [-0.1, -0.05) is 46.3 Å². The third-order valence-electron chi connectivity index (χ3n) is 5.62. The van der Waals surface area contributed by atoms with E-state index in [0.29, 0.717) is 29.3 Å². The molecule has 5 aromatic rings. The Balaban J connectivity index is 1.33. The summed E-state index contributed by atoms with van der Waals surface area (Å²) in [5, 5.41) is 3.72. The lowest BCUT2D eigenvalue weighted by molar-refractivity contribution is 0.0730. The average Bonchev–Trinajstić information content (AvgIpc) is 2.88. The molecule has 2 aromatic heterocycles. The highest BCUT2D eigenvalue weighted by Gasteiger charge is 2.18. The van der Waals surface area contributed by atoms with Gasteiger partial charge < -0.3 is 18.9 Å². The molecule has 0 aliphatic heterocycles. The van der Waals surface area contributed by atoms with Gasteiger partial charge in [-0.25, -0.2) is 14.4 Å². The fourth-order valence-electron chi connectivity index (χ4n) is 3.77. The van der Waals surface area contributed by atoms with Crippen molar-refractivity contribution < 1.29 is 23.2 Å². The second-order valence-electron chi connectivity index (χ2n) is 8.16. The second kappa shape index (κ2) is 10.2. The van der Waals surface area contributed by atoms with Gasteiger partial charge in [-0.15, -0.1) is 0 Å². The molecular formula is C28H18BrNO7. The first-order valence-electron chi connectivity index (χ1n) is 11.2. The van der Waals surface area contributed by atoms with Crippen molar-refractivity contribution in [2.75, 3.05) is 6.54 Å². The van der Waals surface area contributed by atoms with Crippen molar-refractivity contribution >= 4 is 49.7 Å². The Morgan fingerprint density at radius 2 is 1.51 bits per heavy atom. The number of benzene rings is 3. The number of hydrogen-bond acceptors (Lipinski definition) is 7. The topological polar surface area (TPSA) is 116 Å². The molecule has 1 amide bonds. The Hall–Kier alpha value is -4.50. The minimum absolute atomic E-state index is 0.0504. The summed E-state index contributed by atoms with van der Waals surface area (Å²) in [4.78, 5) is 50.0. The Morgan fingerprint density at radius 3 is 2.32 bits per heavy atom. The van der Waals surface area contributed by atoms with E-state index in [1.165, 1.54) is 24.3 Å². The molecule has 5 rings (SSSR count). The molecule has 2 heterocycles. The number of carbonyl (C=O) groups excluding carboxylic acids is 2. The van der Waals surface area contributed by atoms with Crippen LogP contribution < -0.4 is 21.3 Å². The summed E-state index contributed by atoms with van der Waals surface area (Å²) in [6.07, 6.45) is 0.618. The Labute approximate surface area is 217 Å². The molecule has 0 atom stereocenters. The van der Waals surface area contributed by atoms with Crippen LogP contribution in [-0.2, 0) is 6.42 Å². The van der Waals surface area contributed by atoms with Crippen LogP contribution >= 0.6 is 15.9 Å². The molecule has 0 aliphatic rings. The standard InChI is InChI=1S/C28H18BrNO7/c29-19-7-9-23-18(12-19)14-22(28(34)36-23)27(33)35-20-8-6-17-13-21(26(32)37-24(17)15-20)25(31)30-11-10-16-4-2-1-3-5-16/h1-9,12-15H,10-11H2,(H,30,31). The number of nitrogens with one attached hydrogen (secondary N) is 1. The van der Waals surface area contributed by atoms with E-state index < -0.39 is 23.1 Å². The number of carbonyl (C=O) groups is 2.